The smallest absolute Gasteiger partial charge is 0.190 e. The maximum absolute atomic E-state index is 9.22. The van der Waals surface area contributed by atoms with Crippen molar-refractivity contribution in [3.05, 3.63) is 6.33 Å². The Morgan fingerprint density at radius 2 is 2.32 bits per heavy atom. The Bertz CT molecular complexity index is 411. The van der Waals surface area contributed by atoms with Crippen LogP contribution in [0.15, 0.2) is 11.5 Å². The number of nitriles is 1. The molecule has 0 amide bonds. The summed E-state index contributed by atoms with van der Waals surface area (Å²) in [5.41, 5.74) is -0.383. The first kappa shape index (κ1) is 16.0. The highest BCUT2D eigenvalue weighted by Crippen LogP contribution is 2.18. The van der Waals surface area contributed by atoms with Gasteiger partial charge in [-0.3, -0.25) is 5.32 Å². The van der Waals surface area contributed by atoms with Crippen LogP contribution in [0.2, 0.25) is 0 Å². The van der Waals surface area contributed by atoms with E-state index in [1.165, 1.54) is 0 Å². The zero-order chi connectivity index (χ0) is 14.1. The molecule has 0 saturated heterocycles. The molecule has 1 aromatic rings. The number of hydrogen-bond acceptors (Lipinski definition) is 5. The molecular weight excluding hydrogens is 258 g/mol. The molecule has 0 bridgehead atoms. The Morgan fingerprint density at radius 3 is 2.89 bits per heavy atom. The number of aromatic nitrogens is 3. The Kier molecular flexibility index (Phi) is 6.89. The van der Waals surface area contributed by atoms with E-state index in [2.05, 4.69) is 28.5 Å². The van der Waals surface area contributed by atoms with E-state index in [1.54, 1.807) is 18.1 Å². The van der Waals surface area contributed by atoms with Gasteiger partial charge in [0.2, 0.25) is 0 Å². The first-order valence-electron chi connectivity index (χ1n) is 6.74. The van der Waals surface area contributed by atoms with Crippen LogP contribution in [0.4, 0.5) is 0 Å². The minimum absolute atomic E-state index is 0.383. The van der Waals surface area contributed by atoms with Gasteiger partial charge in [-0.1, -0.05) is 18.7 Å². The van der Waals surface area contributed by atoms with Gasteiger partial charge in [-0.05, 0) is 39.2 Å². The summed E-state index contributed by atoms with van der Waals surface area (Å²) in [6.45, 7) is 5.00. The number of nitrogens with one attached hydrogen (secondary N) is 1. The fraction of sp³-hybridized carbons (Fsp3) is 0.769. The molecule has 0 saturated carbocycles. The van der Waals surface area contributed by atoms with Crippen molar-refractivity contribution in [2.75, 3.05) is 12.3 Å². The standard InChI is InChI=1S/C13H23N5S/c1-4-8-15-13(2,10-14)7-5-6-9-19-12-17-16-11-18(12)3/h11,15H,4-9H2,1-3H3. The number of aryl methyl sites for hydroxylation is 1. The SMILES string of the molecule is CCCNC(C)(C#N)CCCCSc1nncn1C. The van der Waals surface area contributed by atoms with Crippen LogP contribution in [0.5, 0.6) is 0 Å². The minimum atomic E-state index is -0.383. The summed E-state index contributed by atoms with van der Waals surface area (Å²) in [6, 6.07) is 2.38. The zero-order valence-electron chi connectivity index (χ0n) is 12.0. The first-order valence-corrected chi connectivity index (χ1v) is 7.73. The zero-order valence-corrected chi connectivity index (χ0v) is 12.8. The lowest BCUT2D eigenvalue weighted by molar-refractivity contribution is 0.406. The number of nitrogens with zero attached hydrogens (tertiary/aromatic N) is 4. The van der Waals surface area contributed by atoms with E-state index in [9.17, 15) is 5.26 Å². The monoisotopic (exact) mass is 281 g/mol. The third kappa shape index (κ3) is 5.62. The van der Waals surface area contributed by atoms with Crippen LogP contribution in [-0.4, -0.2) is 32.6 Å². The molecule has 1 atom stereocenters. The van der Waals surface area contributed by atoms with E-state index in [0.29, 0.717) is 0 Å². The van der Waals surface area contributed by atoms with Crippen molar-refractivity contribution in [3.8, 4) is 6.07 Å². The second kappa shape index (κ2) is 8.18. The van der Waals surface area contributed by atoms with Crippen molar-refractivity contribution < 1.29 is 0 Å². The molecule has 1 aromatic heterocycles. The van der Waals surface area contributed by atoms with Crippen molar-refractivity contribution in [1.29, 1.82) is 5.26 Å². The summed E-state index contributed by atoms with van der Waals surface area (Å²) in [6.07, 6.45) is 5.79. The fourth-order valence-electron chi connectivity index (χ4n) is 1.73. The molecule has 0 fully saturated rings. The molecule has 0 aliphatic heterocycles. The average Bonchev–Trinajstić information content (AvgIpc) is 2.82. The molecule has 1 heterocycles. The van der Waals surface area contributed by atoms with Crippen LogP contribution in [0.25, 0.3) is 0 Å². The summed E-state index contributed by atoms with van der Waals surface area (Å²) >= 11 is 1.72. The molecule has 0 aliphatic rings. The number of thioether (sulfide) groups is 1. The number of hydrogen-bond donors (Lipinski definition) is 1. The molecule has 0 spiro atoms. The molecular formula is C13H23N5S. The van der Waals surface area contributed by atoms with Gasteiger partial charge < -0.3 is 4.57 Å². The van der Waals surface area contributed by atoms with Crippen LogP contribution < -0.4 is 5.32 Å². The summed E-state index contributed by atoms with van der Waals surface area (Å²) in [5, 5.41) is 21.4. The summed E-state index contributed by atoms with van der Waals surface area (Å²) in [4.78, 5) is 0. The molecule has 0 aliphatic carbocycles. The molecule has 0 aromatic carbocycles. The lowest BCUT2D eigenvalue weighted by Crippen LogP contribution is -2.41. The van der Waals surface area contributed by atoms with Crippen molar-refractivity contribution >= 4 is 11.8 Å². The quantitative estimate of drug-likeness (QED) is 0.556. The molecule has 6 heteroatoms. The maximum Gasteiger partial charge on any atom is 0.190 e. The molecule has 1 rings (SSSR count). The highest BCUT2D eigenvalue weighted by Gasteiger charge is 2.21. The van der Waals surface area contributed by atoms with Gasteiger partial charge in [0.15, 0.2) is 5.16 Å². The normalized spacial score (nSPS) is 14.0. The van der Waals surface area contributed by atoms with Gasteiger partial charge in [0, 0.05) is 12.8 Å². The highest BCUT2D eigenvalue weighted by molar-refractivity contribution is 7.99. The van der Waals surface area contributed by atoms with Gasteiger partial charge in [0.05, 0.1) is 6.07 Å². The fourth-order valence-corrected chi connectivity index (χ4v) is 2.62. The van der Waals surface area contributed by atoms with E-state index in [-0.39, 0.29) is 5.54 Å². The van der Waals surface area contributed by atoms with Crippen LogP contribution in [0.3, 0.4) is 0 Å². The van der Waals surface area contributed by atoms with Gasteiger partial charge in [-0.15, -0.1) is 10.2 Å². The van der Waals surface area contributed by atoms with E-state index < -0.39 is 0 Å². The third-order valence-corrected chi connectivity index (χ3v) is 4.10. The second-order valence-corrected chi connectivity index (χ2v) is 5.96. The lowest BCUT2D eigenvalue weighted by atomic mass is 9.96. The lowest BCUT2D eigenvalue weighted by Gasteiger charge is -2.22. The molecule has 1 N–H and O–H groups in total. The van der Waals surface area contributed by atoms with Crippen molar-refractivity contribution in [1.82, 2.24) is 20.1 Å². The second-order valence-electron chi connectivity index (χ2n) is 4.90. The molecule has 5 nitrogen and oxygen atoms in total. The van der Waals surface area contributed by atoms with Crippen LogP contribution in [0, 0.1) is 11.3 Å². The van der Waals surface area contributed by atoms with E-state index in [1.807, 2.05) is 18.5 Å². The Balaban J connectivity index is 2.19. The van der Waals surface area contributed by atoms with Crippen LogP contribution in [0.1, 0.15) is 39.5 Å². The summed E-state index contributed by atoms with van der Waals surface area (Å²) in [5.74, 6) is 1.02. The van der Waals surface area contributed by atoms with Crippen molar-refractivity contribution in [3.63, 3.8) is 0 Å². The largest absolute Gasteiger partial charge is 0.312 e. The highest BCUT2D eigenvalue weighted by atomic mass is 32.2. The van der Waals surface area contributed by atoms with Gasteiger partial charge in [-0.25, -0.2) is 0 Å². The van der Waals surface area contributed by atoms with E-state index >= 15 is 0 Å². The van der Waals surface area contributed by atoms with Crippen LogP contribution in [-0.2, 0) is 7.05 Å². The first-order chi connectivity index (χ1) is 9.11. The van der Waals surface area contributed by atoms with Gasteiger partial charge in [0.1, 0.15) is 11.9 Å². The molecule has 0 radical (unpaired) electrons. The Labute approximate surface area is 119 Å². The van der Waals surface area contributed by atoms with Gasteiger partial charge in [0.25, 0.3) is 0 Å². The van der Waals surface area contributed by atoms with Crippen molar-refractivity contribution in [2.24, 2.45) is 7.05 Å². The topological polar surface area (TPSA) is 66.5 Å². The predicted molar refractivity (Wildman–Crippen MR) is 77.9 cm³/mol. The minimum Gasteiger partial charge on any atom is -0.312 e. The predicted octanol–water partition coefficient (Wildman–Crippen LogP) is 2.36. The van der Waals surface area contributed by atoms with E-state index in [4.69, 9.17) is 0 Å². The Morgan fingerprint density at radius 1 is 1.53 bits per heavy atom. The maximum atomic E-state index is 9.22. The number of unbranched alkanes of at least 4 members (excludes halogenated alkanes) is 1. The molecule has 1 unspecified atom stereocenters. The average molecular weight is 281 g/mol. The van der Waals surface area contributed by atoms with Crippen LogP contribution >= 0.6 is 11.8 Å². The summed E-state index contributed by atoms with van der Waals surface area (Å²) < 4.78 is 1.92. The summed E-state index contributed by atoms with van der Waals surface area (Å²) in [7, 11) is 1.95. The van der Waals surface area contributed by atoms with E-state index in [0.717, 1.165) is 43.1 Å². The van der Waals surface area contributed by atoms with Gasteiger partial charge >= 0.3 is 0 Å². The Hall–Kier alpha value is -1.06. The number of rotatable bonds is 9. The third-order valence-electron chi connectivity index (χ3n) is 2.98. The molecule has 106 valence electrons. The molecule has 19 heavy (non-hydrogen) atoms. The van der Waals surface area contributed by atoms with Crippen molar-refractivity contribution in [2.45, 2.75) is 50.2 Å². The van der Waals surface area contributed by atoms with Gasteiger partial charge in [-0.2, -0.15) is 5.26 Å².